The zero-order valence-corrected chi connectivity index (χ0v) is 15.8. The Balaban J connectivity index is 1.67. The lowest BCUT2D eigenvalue weighted by atomic mass is 9.81. The number of ether oxygens (including phenoxy) is 2. The van der Waals surface area contributed by atoms with E-state index in [9.17, 15) is 10.1 Å². The monoisotopic (exact) mass is 379 g/mol. The predicted molar refractivity (Wildman–Crippen MR) is 105 cm³/mol. The van der Waals surface area contributed by atoms with Gasteiger partial charge in [-0.15, -0.1) is 0 Å². The second-order valence-electron chi connectivity index (χ2n) is 6.89. The second kappa shape index (κ2) is 7.34. The Morgan fingerprint density at radius 3 is 2.54 bits per heavy atom. The Bertz CT molecular complexity index is 1010. The minimum Gasteiger partial charge on any atom is -0.497 e. The van der Waals surface area contributed by atoms with Gasteiger partial charge in [-0.1, -0.05) is 12.1 Å². The first-order chi connectivity index (χ1) is 13.6. The van der Waals surface area contributed by atoms with Crippen LogP contribution in [0.4, 0.5) is 5.69 Å². The molecule has 1 N–H and O–H groups in total. The summed E-state index contributed by atoms with van der Waals surface area (Å²) >= 11 is 0. The summed E-state index contributed by atoms with van der Waals surface area (Å²) in [6.45, 7) is 0. The Hall–Kier alpha value is -3.35. The van der Waals surface area contributed by atoms with Crippen LogP contribution >= 0.6 is 0 Å². The quantitative estimate of drug-likeness (QED) is 0.528. The van der Waals surface area contributed by atoms with Crippen LogP contribution in [0.3, 0.4) is 0 Å². The van der Waals surface area contributed by atoms with Crippen molar-refractivity contribution in [2.24, 2.45) is 0 Å². The van der Waals surface area contributed by atoms with Crippen molar-refractivity contribution in [2.45, 2.75) is 25.2 Å². The van der Waals surface area contributed by atoms with E-state index in [2.05, 4.69) is 10.2 Å². The molecule has 4 rings (SSSR count). The fourth-order valence-corrected chi connectivity index (χ4v) is 3.91. The molecule has 7 heteroatoms. The molecule has 0 saturated heterocycles. The molecule has 1 aliphatic carbocycles. The zero-order chi connectivity index (χ0) is 19.7. The normalized spacial score (nSPS) is 15.7. The van der Waals surface area contributed by atoms with Crippen LogP contribution in [0.1, 0.15) is 29.2 Å². The van der Waals surface area contributed by atoms with Crippen molar-refractivity contribution in [1.29, 1.82) is 0 Å². The molecule has 1 aliphatic rings. The van der Waals surface area contributed by atoms with Gasteiger partial charge in [0.05, 0.1) is 24.7 Å². The molecule has 0 bridgehead atoms. The van der Waals surface area contributed by atoms with Gasteiger partial charge in [-0.3, -0.25) is 15.2 Å². The number of nitrogens with one attached hydrogen (secondary N) is 1. The Morgan fingerprint density at radius 2 is 1.86 bits per heavy atom. The largest absolute Gasteiger partial charge is 0.497 e. The number of methoxy groups -OCH3 is 2. The summed E-state index contributed by atoms with van der Waals surface area (Å²) in [5.74, 6) is 1.84. The first-order valence-electron chi connectivity index (χ1n) is 9.13. The number of nitro groups is 1. The summed E-state index contributed by atoms with van der Waals surface area (Å²) in [5.41, 5.74) is 4.59. The van der Waals surface area contributed by atoms with Crippen molar-refractivity contribution in [2.75, 3.05) is 14.2 Å². The smallest absolute Gasteiger partial charge is 0.278 e. The van der Waals surface area contributed by atoms with Gasteiger partial charge in [-0.25, -0.2) is 0 Å². The molecule has 0 radical (unpaired) electrons. The van der Waals surface area contributed by atoms with E-state index in [0.717, 1.165) is 47.6 Å². The van der Waals surface area contributed by atoms with Gasteiger partial charge in [0.15, 0.2) is 0 Å². The van der Waals surface area contributed by atoms with Gasteiger partial charge in [-0.2, -0.15) is 5.10 Å². The van der Waals surface area contributed by atoms with Gasteiger partial charge in [-0.05, 0) is 48.9 Å². The summed E-state index contributed by atoms with van der Waals surface area (Å²) in [4.78, 5) is 11.0. The van der Waals surface area contributed by atoms with Gasteiger partial charge in [0.1, 0.15) is 17.2 Å². The Kier molecular flexibility index (Phi) is 4.73. The number of hydrogen-bond donors (Lipinski definition) is 1. The lowest BCUT2D eigenvalue weighted by molar-refractivity contribution is -0.384. The second-order valence-corrected chi connectivity index (χ2v) is 6.89. The minimum atomic E-state index is -0.357. The highest BCUT2D eigenvalue weighted by molar-refractivity contribution is 5.73. The highest BCUT2D eigenvalue weighted by Gasteiger charge is 2.28. The molecule has 1 heterocycles. The van der Waals surface area contributed by atoms with Crippen LogP contribution in [0.2, 0.25) is 0 Å². The van der Waals surface area contributed by atoms with Crippen molar-refractivity contribution < 1.29 is 14.4 Å². The van der Waals surface area contributed by atoms with Crippen molar-refractivity contribution in [3.05, 3.63) is 69.4 Å². The van der Waals surface area contributed by atoms with E-state index in [1.165, 1.54) is 6.07 Å². The molecule has 3 aromatic rings. The molecule has 1 aromatic heterocycles. The molecule has 0 amide bonds. The van der Waals surface area contributed by atoms with E-state index >= 15 is 0 Å². The fourth-order valence-electron chi connectivity index (χ4n) is 3.91. The number of aromatic nitrogens is 2. The molecular formula is C21H21N3O4. The third-order valence-electron chi connectivity index (χ3n) is 5.35. The molecule has 0 aliphatic heterocycles. The summed E-state index contributed by atoms with van der Waals surface area (Å²) < 4.78 is 10.8. The molecule has 0 spiro atoms. The maximum atomic E-state index is 11.4. The number of rotatable bonds is 5. The van der Waals surface area contributed by atoms with Crippen molar-refractivity contribution >= 4 is 5.69 Å². The molecule has 1 atom stereocenters. The standard InChI is InChI=1S/C21H21N3O4/c1-27-15-9-14(10-16(12-15)28-2)13-7-8-17-19(11-13)22-23-21(17)18-5-3-4-6-20(18)24(25)26/h3-6,9-10,12-13H,7-8,11H2,1-2H3,(H,22,23). The highest BCUT2D eigenvalue weighted by atomic mass is 16.6. The van der Waals surface area contributed by atoms with Gasteiger partial charge >= 0.3 is 0 Å². The van der Waals surface area contributed by atoms with E-state index in [-0.39, 0.29) is 10.6 Å². The van der Waals surface area contributed by atoms with Crippen LogP contribution in [0, 0.1) is 10.1 Å². The van der Waals surface area contributed by atoms with Crippen LogP contribution in [0.15, 0.2) is 42.5 Å². The average Bonchev–Trinajstić information content (AvgIpc) is 3.16. The summed E-state index contributed by atoms with van der Waals surface area (Å²) in [7, 11) is 3.29. The van der Waals surface area contributed by atoms with E-state index in [0.29, 0.717) is 17.2 Å². The molecule has 7 nitrogen and oxygen atoms in total. The number of nitro benzene ring substituents is 1. The molecule has 144 valence electrons. The van der Waals surface area contributed by atoms with Gasteiger partial charge in [0.2, 0.25) is 0 Å². The molecule has 0 fully saturated rings. The lowest BCUT2D eigenvalue weighted by Crippen LogP contribution is -2.13. The van der Waals surface area contributed by atoms with Crippen LogP contribution in [0.25, 0.3) is 11.3 Å². The third kappa shape index (κ3) is 3.19. The van der Waals surface area contributed by atoms with Crippen LogP contribution in [-0.4, -0.2) is 29.3 Å². The number of para-hydroxylation sites is 1. The zero-order valence-electron chi connectivity index (χ0n) is 15.8. The molecule has 2 aromatic carbocycles. The van der Waals surface area contributed by atoms with Crippen LogP contribution < -0.4 is 9.47 Å². The third-order valence-corrected chi connectivity index (χ3v) is 5.35. The number of nitrogens with zero attached hydrogens (tertiary/aromatic N) is 2. The molecule has 1 unspecified atom stereocenters. The number of H-pyrrole nitrogens is 1. The first-order valence-corrected chi connectivity index (χ1v) is 9.13. The number of fused-ring (bicyclic) bond motifs is 1. The van der Waals surface area contributed by atoms with Gasteiger partial charge in [0, 0.05) is 23.4 Å². The summed E-state index contributed by atoms with van der Waals surface area (Å²) in [5, 5.41) is 18.9. The SMILES string of the molecule is COc1cc(OC)cc(C2CCc3c(-c4ccccc4[N+](=O)[O-])n[nH]c3C2)c1. The van der Waals surface area contributed by atoms with E-state index in [4.69, 9.17) is 9.47 Å². The maximum Gasteiger partial charge on any atom is 0.278 e. The van der Waals surface area contributed by atoms with Crippen molar-refractivity contribution in [1.82, 2.24) is 10.2 Å². The van der Waals surface area contributed by atoms with E-state index in [1.807, 2.05) is 18.2 Å². The topological polar surface area (TPSA) is 90.3 Å². The number of hydrogen-bond acceptors (Lipinski definition) is 5. The van der Waals surface area contributed by atoms with Crippen LogP contribution in [0.5, 0.6) is 11.5 Å². The molecule has 28 heavy (non-hydrogen) atoms. The Morgan fingerprint density at radius 1 is 1.14 bits per heavy atom. The van der Waals surface area contributed by atoms with Gasteiger partial charge in [0.25, 0.3) is 5.69 Å². The van der Waals surface area contributed by atoms with E-state index < -0.39 is 0 Å². The lowest BCUT2D eigenvalue weighted by Gasteiger charge is -2.23. The minimum absolute atomic E-state index is 0.0801. The van der Waals surface area contributed by atoms with E-state index in [1.54, 1.807) is 32.4 Å². The fraction of sp³-hybridized carbons (Fsp3) is 0.286. The first kappa shape index (κ1) is 18.0. The highest BCUT2D eigenvalue weighted by Crippen LogP contribution is 2.40. The van der Waals surface area contributed by atoms with Gasteiger partial charge < -0.3 is 9.47 Å². The van der Waals surface area contributed by atoms with Crippen LogP contribution in [-0.2, 0) is 12.8 Å². The summed E-state index contributed by atoms with van der Waals surface area (Å²) in [6.07, 6.45) is 2.52. The maximum absolute atomic E-state index is 11.4. The molecule has 0 saturated carbocycles. The number of benzene rings is 2. The van der Waals surface area contributed by atoms with Crippen molar-refractivity contribution in [3.8, 4) is 22.8 Å². The summed E-state index contributed by atoms with van der Waals surface area (Å²) in [6, 6.07) is 12.7. The number of aromatic amines is 1. The van der Waals surface area contributed by atoms with Crippen molar-refractivity contribution in [3.63, 3.8) is 0 Å². The average molecular weight is 379 g/mol. The predicted octanol–water partition coefficient (Wildman–Crippen LogP) is 4.27. The Labute approximate surface area is 162 Å². The molecular weight excluding hydrogens is 358 g/mol.